The molecule has 0 bridgehead atoms. The summed E-state index contributed by atoms with van der Waals surface area (Å²) in [6.07, 6.45) is 0.318. The Kier molecular flexibility index (Phi) is 11.0. The first-order chi connectivity index (χ1) is 25.7. The molecule has 0 spiro atoms. The van der Waals surface area contributed by atoms with Gasteiger partial charge >= 0.3 is 12.2 Å². The van der Waals surface area contributed by atoms with Crippen LogP contribution in [0.5, 0.6) is 0 Å². The zero-order valence-corrected chi connectivity index (χ0v) is 30.0. The second-order valence-corrected chi connectivity index (χ2v) is 12.5. The number of Topliss-reactive ketones (excluding diaryl/α,β-unsaturated/α-hetero) is 2. The van der Waals surface area contributed by atoms with Crippen LogP contribution in [-0.4, -0.2) is 54.3 Å². The normalized spacial score (nSPS) is 11.8. The fourth-order valence-corrected chi connectivity index (χ4v) is 6.08. The van der Waals surface area contributed by atoms with Gasteiger partial charge in [-0.25, -0.2) is 9.59 Å². The lowest BCUT2D eigenvalue weighted by atomic mass is 9.94. The quantitative estimate of drug-likeness (QED) is 0.0582. The average Bonchev–Trinajstić information content (AvgIpc) is 3.58. The van der Waals surface area contributed by atoms with Crippen molar-refractivity contribution in [2.75, 3.05) is 23.9 Å². The van der Waals surface area contributed by atoms with Crippen molar-refractivity contribution in [1.29, 1.82) is 0 Å². The maximum Gasteiger partial charge on any atom is 0.440 e. The number of anilines is 2. The van der Waals surface area contributed by atoms with Crippen molar-refractivity contribution in [3.8, 4) is 0 Å². The summed E-state index contributed by atoms with van der Waals surface area (Å²) in [6, 6.07) is 32.6. The van der Waals surface area contributed by atoms with Crippen molar-refractivity contribution in [3.63, 3.8) is 0 Å². The van der Waals surface area contributed by atoms with E-state index in [9.17, 15) is 19.2 Å². The van der Waals surface area contributed by atoms with Crippen molar-refractivity contribution in [1.82, 2.24) is 4.98 Å². The van der Waals surface area contributed by atoms with Crippen LogP contribution in [0.25, 0.3) is 32.6 Å². The van der Waals surface area contributed by atoms with Crippen LogP contribution in [-0.2, 0) is 9.68 Å². The predicted octanol–water partition coefficient (Wildman–Crippen LogP) is 9.70. The minimum atomic E-state index is -0.726. The number of para-hydroxylation sites is 2. The molecule has 11 heteroatoms. The summed E-state index contributed by atoms with van der Waals surface area (Å²) in [7, 11) is 3.14. The maximum atomic E-state index is 14.2. The number of carbonyl (C=O) groups excluding carboxylic acids is 4. The number of rotatable bonds is 12. The number of aromatic amines is 1. The molecule has 0 saturated carbocycles. The number of fused-ring (bicyclic) bond motifs is 5. The summed E-state index contributed by atoms with van der Waals surface area (Å²) >= 11 is 0. The summed E-state index contributed by atoms with van der Waals surface area (Å²) in [5, 5.41) is 11.0. The molecule has 2 amide bonds. The number of H-pyrrole nitrogens is 1. The Hall–Kier alpha value is -6.62. The Morgan fingerprint density at radius 1 is 0.585 bits per heavy atom. The van der Waals surface area contributed by atoms with Crippen molar-refractivity contribution in [2.45, 2.75) is 39.5 Å². The molecule has 0 aliphatic rings. The largest absolute Gasteiger partial charge is 0.440 e. The van der Waals surface area contributed by atoms with Crippen LogP contribution in [0.15, 0.2) is 120 Å². The molecule has 11 nitrogen and oxygen atoms in total. The summed E-state index contributed by atoms with van der Waals surface area (Å²) < 4.78 is 0. The molecule has 0 aliphatic heterocycles. The van der Waals surface area contributed by atoms with Gasteiger partial charge in [-0.3, -0.25) is 29.1 Å². The topological polar surface area (TPSA) is 134 Å². The summed E-state index contributed by atoms with van der Waals surface area (Å²) in [4.78, 5) is 70.3. The number of ketones is 2. The first-order valence-electron chi connectivity index (χ1n) is 17.4. The lowest BCUT2D eigenvalue weighted by Gasteiger charge is -2.15. The van der Waals surface area contributed by atoms with Gasteiger partial charge in [0.1, 0.15) is 11.4 Å². The van der Waals surface area contributed by atoms with Crippen LogP contribution in [0.1, 0.15) is 60.2 Å². The Morgan fingerprint density at radius 3 is 1.64 bits per heavy atom. The van der Waals surface area contributed by atoms with E-state index in [4.69, 9.17) is 9.68 Å². The lowest BCUT2D eigenvalue weighted by molar-refractivity contribution is 0.104. The zero-order valence-electron chi connectivity index (χ0n) is 30.0. The van der Waals surface area contributed by atoms with E-state index in [-0.39, 0.29) is 29.4 Å². The Labute approximate surface area is 306 Å². The summed E-state index contributed by atoms with van der Waals surface area (Å²) in [5.41, 5.74) is 3.74. The van der Waals surface area contributed by atoms with E-state index in [0.29, 0.717) is 52.5 Å². The Morgan fingerprint density at radius 2 is 1.09 bits per heavy atom. The lowest BCUT2D eigenvalue weighted by Crippen LogP contribution is -2.26. The van der Waals surface area contributed by atoms with Gasteiger partial charge < -0.3 is 4.98 Å². The van der Waals surface area contributed by atoms with Crippen LogP contribution in [0, 0.1) is 0 Å². The molecule has 0 radical (unpaired) electrons. The van der Waals surface area contributed by atoms with Crippen LogP contribution in [0.2, 0.25) is 0 Å². The molecule has 0 aliphatic carbocycles. The van der Waals surface area contributed by atoms with E-state index in [2.05, 4.69) is 15.3 Å². The Bertz CT molecular complexity index is 2380. The minimum Gasteiger partial charge on any atom is -0.354 e. The number of benzene rings is 5. The number of oxime groups is 2. The van der Waals surface area contributed by atoms with Gasteiger partial charge in [0.2, 0.25) is 11.6 Å². The maximum absolute atomic E-state index is 14.2. The molecule has 1 heterocycles. The zero-order chi connectivity index (χ0) is 37.5. The van der Waals surface area contributed by atoms with Gasteiger partial charge in [0, 0.05) is 58.3 Å². The van der Waals surface area contributed by atoms with Crippen molar-refractivity contribution < 1.29 is 28.9 Å². The number of nitrogens with zero attached hydrogens (tertiary/aromatic N) is 4. The number of hydrogen-bond acceptors (Lipinski definition) is 8. The van der Waals surface area contributed by atoms with Gasteiger partial charge in [0.15, 0.2) is 0 Å². The van der Waals surface area contributed by atoms with Gasteiger partial charge in [-0.2, -0.15) is 0 Å². The molecule has 6 aromatic rings. The average molecular weight is 710 g/mol. The van der Waals surface area contributed by atoms with Crippen LogP contribution < -0.4 is 9.80 Å². The summed E-state index contributed by atoms with van der Waals surface area (Å²) in [6.45, 7) is 3.82. The van der Waals surface area contributed by atoms with E-state index in [1.165, 1.54) is 9.80 Å². The predicted molar refractivity (Wildman–Crippen MR) is 209 cm³/mol. The van der Waals surface area contributed by atoms with Crippen molar-refractivity contribution >= 4 is 79.1 Å². The number of nitrogens with one attached hydrogen (secondary N) is 1. The first kappa shape index (κ1) is 36.2. The summed E-state index contributed by atoms with van der Waals surface area (Å²) in [5.74, 6) is -0.753. The first-order valence-corrected chi connectivity index (χ1v) is 17.4. The highest BCUT2D eigenvalue weighted by Crippen LogP contribution is 2.35. The third kappa shape index (κ3) is 7.69. The highest BCUT2D eigenvalue weighted by molar-refractivity contribution is 6.49. The van der Waals surface area contributed by atoms with Crippen LogP contribution >= 0.6 is 0 Å². The van der Waals surface area contributed by atoms with Gasteiger partial charge in [-0.1, -0.05) is 97.7 Å². The molecular weight excluding hydrogens is 670 g/mol. The molecule has 5 aromatic carbocycles. The third-order valence-corrected chi connectivity index (χ3v) is 8.92. The van der Waals surface area contributed by atoms with Gasteiger partial charge in [0.25, 0.3) is 0 Å². The van der Waals surface area contributed by atoms with Crippen molar-refractivity contribution in [3.05, 3.63) is 120 Å². The number of aromatic nitrogens is 1. The van der Waals surface area contributed by atoms with Crippen LogP contribution in [0.3, 0.4) is 0 Å². The van der Waals surface area contributed by atoms with E-state index in [1.54, 1.807) is 80.8 Å². The smallest absolute Gasteiger partial charge is 0.354 e. The molecule has 0 atom stereocenters. The standard InChI is InChI=1S/C42H39N5O6/c1-5-15-36(44-52-41(50)46(3)28-17-9-7-10-18-28)39(48)27-23-24-35-32(25-27)33-26-34(30-21-13-14-22-31(30)38(33)43-35)40(49)37(16-6-2)45-53-42(51)47(4)29-19-11-8-12-20-29/h7-14,17-26,43H,5-6,15-16H2,1-4H3/b44-36+,45-37+. The fraction of sp³-hybridized carbons (Fsp3) is 0.190. The molecule has 53 heavy (non-hydrogen) atoms. The molecule has 6 rings (SSSR count). The van der Waals surface area contributed by atoms with Crippen LogP contribution in [0.4, 0.5) is 21.0 Å². The third-order valence-electron chi connectivity index (χ3n) is 8.92. The molecule has 0 unspecified atom stereocenters. The number of amides is 2. The molecular formula is C42H39N5O6. The number of hydrogen-bond donors (Lipinski definition) is 1. The van der Waals surface area contributed by atoms with Gasteiger partial charge in [-0.15, -0.1) is 0 Å². The molecule has 1 aromatic heterocycles. The molecule has 268 valence electrons. The monoisotopic (exact) mass is 709 g/mol. The molecule has 0 saturated heterocycles. The fourth-order valence-electron chi connectivity index (χ4n) is 6.08. The van der Waals surface area contributed by atoms with E-state index < -0.39 is 12.2 Å². The van der Waals surface area contributed by atoms with Crippen molar-refractivity contribution in [2.24, 2.45) is 10.3 Å². The highest BCUT2D eigenvalue weighted by atomic mass is 16.7. The SMILES string of the molecule is CCC/C(=N\OC(=O)N(C)c1ccccc1)C(=O)c1ccc2[nH]c3c4ccccc4c(C(=O)/C(CCC)=N/OC(=O)N(C)c4ccccc4)cc3c2c1. The van der Waals surface area contributed by atoms with E-state index >= 15 is 0 Å². The van der Waals surface area contributed by atoms with E-state index in [0.717, 1.165) is 21.8 Å². The second-order valence-electron chi connectivity index (χ2n) is 12.5. The van der Waals surface area contributed by atoms with E-state index in [1.807, 2.05) is 56.3 Å². The van der Waals surface area contributed by atoms with Gasteiger partial charge in [0.05, 0.1) is 5.52 Å². The minimum absolute atomic E-state index is 0.107. The van der Waals surface area contributed by atoms with Gasteiger partial charge in [-0.05, 0) is 66.8 Å². The number of carbonyl (C=O) groups is 4. The molecule has 1 N–H and O–H groups in total. The second kappa shape index (κ2) is 16.2. The Balaban J connectivity index is 1.35. The molecule has 0 fully saturated rings. The highest BCUT2D eigenvalue weighted by Gasteiger charge is 2.23.